The van der Waals surface area contributed by atoms with E-state index in [-0.39, 0.29) is 12.5 Å². The van der Waals surface area contributed by atoms with Gasteiger partial charge in [0.15, 0.2) is 0 Å². The number of likely N-dealkylation sites (N-methyl/N-ethyl adjacent to an activating group) is 2. The van der Waals surface area contributed by atoms with Gasteiger partial charge in [0.2, 0.25) is 0 Å². The van der Waals surface area contributed by atoms with Crippen LogP contribution in [0.25, 0.3) is 0 Å². The van der Waals surface area contributed by atoms with Gasteiger partial charge in [-0.1, -0.05) is 0 Å². The molecule has 9 heteroatoms. The second-order valence-electron chi connectivity index (χ2n) is 9.26. The van der Waals surface area contributed by atoms with Gasteiger partial charge in [0.05, 0.1) is 12.1 Å². The minimum Gasteiger partial charge on any atom is -0.386 e. The lowest BCUT2D eigenvalue weighted by molar-refractivity contribution is -0.000135. The van der Waals surface area contributed by atoms with Gasteiger partial charge >= 0.3 is 0 Å². The molecule has 0 bridgehead atoms. The van der Waals surface area contributed by atoms with E-state index in [1.807, 2.05) is 37.4 Å². The molecule has 178 valence electrons. The fourth-order valence-electron chi connectivity index (χ4n) is 4.71. The highest BCUT2D eigenvalue weighted by atomic mass is 16.3. The van der Waals surface area contributed by atoms with Gasteiger partial charge in [-0.05, 0) is 44.2 Å². The zero-order valence-corrected chi connectivity index (χ0v) is 19.9. The van der Waals surface area contributed by atoms with Gasteiger partial charge in [-0.15, -0.1) is 0 Å². The molecule has 0 aliphatic carbocycles. The van der Waals surface area contributed by atoms with Crippen LogP contribution in [0.1, 0.15) is 23.2 Å². The van der Waals surface area contributed by atoms with E-state index in [0.717, 1.165) is 56.5 Å². The van der Waals surface area contributed by atoms with Crippen LogP contribution >= 0.6 is 0 Å². The summed E-state index contributed by atoms with van der Waals surface area (Å²) in [5.41, 5.74) is 0.795. The number of piperidine rings is 1. The van der Waals surface area contributed by atoms with Crippen LogP contribution in [-0.2, 0) is 0 Å². The number of carbonyl (C=O) groups excluding carboxylic acids is 1. The quantitative estimate of drug-likeness (QED) is 0.678. The van der Waals surface area contributed by atoms with Crippen LogP contribution < -0.4 is 15.1 Å². The number of hydrogen-bond acceptors (Lipinski definition) is 8. The topological polar surface area (TPSA) is 88.1 Å². The average molecular weight is 454 g/mol. The number of aromatic nitrogens is 2. The molecular weight excluding hydrogens is 418 g/mol. The zero-order chi connectivity index (χ0) is 23.4. The fourth-order valence-corrected chi connectivity index (χ4v) is 4.71. The van der Waals surface area contributed by atoms with Crippen molar-refractivity contribution in [2.45, 2.75) is 18.4 Å². The molecule has 2 N–H and O–H groups in total. The number of amides is 1. The van der Waals surface area contributed by atoms with Gasteiger partial charge in [0.25, 0.3) is 5.91 Å². The molecule has 2 aliphatic heterocycles. The van der Waals surface area contributed by atoms with Crippen LogP contribution in [0.15, 0.2) is 36.7 Å². The highest BCUT2D eigenvalue weighted by Crippen LogP contribution is 2.27. The Morgan fingerprint density at radius 3 is 2.55 bits per heavy atom. The second-order valence-corrected chi connectivity index (χ2v) is 9.26. The number of carbonyl (C=O) groups is 1. The third-order valence-corrected chi connectivity index (χ3v) is 6.65. The van der Waals surface area contributed by atoms with Crippen LogP contribution in [0.2, 0.25) is 0 Å². The van der Waals surface area contributed by atoms with Crippen LogP contribution in [0, 0.1) is 0 Å². The SMILES string of the molecule is CNc1cc(N2CCC[C@@](O)(CN(C)C(=O)c3ccc(N4CCN(C)CC4)cc3)C2)ncn1. The maximum Gasteiger partial charge on any atom is 0.253 e. The largest absolute Gasteiger partial charge is 0.386 e. The van der Waals surface area contributed by atoms with Crippen molar-refractivity contribution < 1.29 is 9.90 Å². The fraction of sp³-hybridized carbons (Fsp3) is 0.542. The van der Waals surface area contributed by atoms with Gasteiger partial charge in [-0.25, -0.2) is 9.97 Å². The standard InChI is InChI=1S/C24H35N7O2/c1-25-21-15-22(27-18-26-21)31-10-4-9-24(33,17-31)16-29(3)23(32)19-5-7-20(8-6-19)30-13-11-28(2)12-14-30/h5-8,15,18,33H,4,9-14,16-17H2,1-3H3,(H,25,26,27)/t24-/m1/s1. The van der Waals surface area contributed by atoms with E-state index in [2.05, 4.69) is 37.0 Å². The van der Waals surface area contributed by atoms with Crippen molar-refractivity contribution in [3.8, 4) is 0 Å². The summed E-state index contributed by atoms with van der Waals surface area (Å²) in [6.07, 6.45) is 3.00. The first-order valence-corrected chi connectivity index (χ1v) is 11.6. The molecule has 0 radical (unpaired) electrons. The summed E-state index contributed by atoms with van der Waals surface area (Å²) >= 11 is 0. The lowest BCUT2D eigenvalue weighted by atomic mass is 9.92. The molecule has 0 saturated carbocycles. The molecule has 0 unspecified atom stereocenters. The van der Waals surface area contributed by atoms with Crippen LogP contribution in [0.4, 0.5) is 17.3 Å². The average Bonchev–Trinajstić information content (AvgIpc) is 2.84. The van der Waals surface area contributed by atoms with Crippen LogP contribution in [-0.4, -0.2) is 103 Å². The lowest BCUT2D eigenvalue weighted by Gasteiger charge is -2.41. The molecule has 1 aromatic heterocycles. The van der Waals surface area contributed by atoms with E-state index >= 15 is 0 Å². The third-order valence-electron chi connectivity index (χ3n) is 6.65. The maximum atomic E-state index is 13.1. The van der Waals surface area contributed by atoms with Crippen molar-refractivity contribution in [3.05, 3.63) is 42.2 Å². The van der Waals surface area contributed by atoms with E-state index in [1.165, 1.54) is 6.33 Å². The monoisotopic (exact) mass is 453 g/mol. The predicted molar refractivity (Wildman–Crippen MR) is 131 cm³/mol. The number of rotatable bonds is 6. The van der Waals surface area contributed by atoms with Gasteiger partial charge in [-0.2, -0.15) is 0 Å². The molecule has 1 atom stereocenters. The first-order valence-electron chi connectivity index (χ1n) is 11.6. The summed E-state index contributed by atoms with van der Waals surface area (Å²) in [5, 5.41) is 14.3. The van der Waals surface area contributed by atoms with Crippen LogP contribution in [0.3, 0.4) is 0 Å². The summed E-state index contributed by atoms with van der Waals surface area (Å²) < 4.78 is 0. The smallest absolute Gasteiger partial charge is 0.253 e. The van der Waals surface area contributed by atoms with Crippen molar-refractivity contribution in [1.82, 2.24) is 19.8 Å². The maximum absolute atomic E-state index is 13.1. The van der Waals surface area contributed by atoms with Gasteiger partial charge < -0.3 is 30.0 Å². The molecule has 1 amide bonds. The molecule has 2 saturated heterocycles. The Bertz CT molecular complexity index is 946. The molecular formula is C24H35N7O2. The zero-order valence-electron chi connectivity index (χ0n) is 19.9. The Morgan fingerprint density at radius 1 is 1.12 bits per heavy atom. The minimum atomic E-state index is -0.993. The minimum absolute atomic E-state index is 0.0787. The number of nitrogens with one attached hydrogen (secondary N) is 1. The Morgan fingerprint density at radius 2 is 1.85 bits per heavy atom. The third kappa shape index (κ3) is 5.54. The first-order chi connectivity index (χ1) is 15.9. The first kappa shape index (κ1) is 23.3. The molecule has 3 heterocycles. The number of piperazine rings is 1. The van der Waals surface area contributed by atoms with E-state index < -0.39 is 5.60 Å². The van der Waals surface area contributed by atoms with E-state index in [0.29, 0.717) is 18.5 Å². The molecule has 0 spiro atoms. The van der Waals surface area contributed by atoms with E-state index in [4.69, 9.17) is 0 Å². The van der Waals surface area contributed by atoms with E-state index in [1.54, 1.807) is 11.9 Å². The predicted octanol–water partition coefficient (Wildman–Crippen LogP) is 1.37. The molecule has 9 nitrogen and oxygen atoms in total. The van der Waals surface area contributed by atoms with Crippen molar-refractivity contribution >= 4 is 23.2 Å². The van der Waals surface area contributed by atoms with Crippen molar-refractivity contribution in [1.29, 1.82) is 0 Å². The molecule has 33 heavy (non-hydrogen) atoms. The Kier molecular flexibility index (Phi) is 6.99. The van der Waals surface area contributed by atoms with Crippen molar-refractivity contribution in [2.24, 2.45) is 0 Å². The molecule has 2 fully saturated rings. The Balaban J connectivity index is 1.38. The highest BCUT2D eigenvalue weighted by molar-refractivity contribution is 5.94. The lowest BCUT2D eigenvalue weighted by Crippen LogP contribution is -2.54. The normalized spacial score (nSPS) is 21.7. The van der Waals surface area contributed by atoms with E-state index in [9.17, 15) is 9.90 Å². The van der Waals surface area contributed by atoms with Crippen LogP contribution in [0.5, 0.6) is 0 Å². The molecule has 2 aliphatic rings. The second kappa shape index (κ2) is 9.93. The number of hydrogen-bond donors (Lipinski definition) is 2. The summed E-state index contributed by atoms with van der Waals surface area (Å²) in [6.45, 7) is 5.59. The Hall–Kier alpha value is -2.91. The number of aliphatic hydroxyl groups is 1. The summed E-state index contributed by atoms with van der Waals surface area (Å²) in [7, 11) is 5.72. The van der Waals surface area contributed by atoms with Gasteiger partial charge in [0, 0.05) is 70.7 Å². The molecule has 4 rings (SSSR count). The highest BCUT2D eigenvalue weighted by Gasteiger charge is 2.36. The molecule has 1 aromatic carbocycles. The number of benzene rings is 1. The van der Waals surface area contributed by atoms with Crippen molar-refractivity contribution in [3.63, 3.8) is 0 Å². The molecule has 2 aromatic rings. The summed E-state index contributed by atoms with van der Waals surface area (Å²) in [5.74, 6) is 1.44. The summed E-state index contributed by atoms with van der Waals surface area (Å²) in [6, 6.07) is 9.71. The Labute approximate surface area is 196 Å². The van der Waals surface area contributed by atoms with Gasteiger partial charge in [0.1, 0.15) is 18.0 Å². The van der Waals surface area contributed by atoms with Crippen molar-refractivity contribution in [2.75, 3.05) is 82.1 Å². The number of β-amino-alcohol motifs (C(OH)–C–C–N with tert-alkyl or cyclic N) is 1. The number of anilines is 3. The van der Waals surface area contributed by atoms with Gasteiger partial charge in [-0.3, -0.25) is 4.79 Å². The summed E-state index contributed by atoms with van der Waals surface area (Å²) in [4.78, 5) is 30.0. The number of nitrogens with zero attached hydrogens (tertiary/aromatic N) is 6.